The van der Waals surface area contributed by atoms with Gasteiger partial charge in [-0.15, -0.1) is 0 Å². The molecule has 0 radical (unpaired) electrons. The van der Waals surface area contributed by atoms with Gasteiger partial charge in [0.25, 0.3) is 0 Å². The van der Waals surface area contributed by atoms with Crippen molar-refractivity contribution in [1.82, 2.24) is 0 Å². The average Bonchev–Trinajstić information content (AvgIpc) is 2.39. The van der Waals surface area contributed by atoms with Crippen molar-refractivity contribution in [2.24, 2.45) is 0 Å². The van der Waals surface area contributed by atoms with Gasteiger partial charge in [-0.25, -0.2) is 9.18 Å². The van der Waals surface area contributed by atoms with Crippen molar-refractivity contribution in [3.8, 4) is 6.07 Å². The van der Waals surface area contributed by atoms with Crippen LogP contribution in [-0.4, -0.2) is 16.7 Å². The average molecular weight is 243 g/mol. The van der Waals surface area contributed by atoms with Gasteiger partial charge in [-0.1, -0.05) is 42.5 Å². The van der Waals surface area contributed by atoms with Gasteiger partial charge in [0.2, 0.25) is 5.67 Å². The maximum absolute atomic E-state index is 14.5. The highest BCUT2D eigenvalue weighted by Gasteiger charge is 2.39. The predicted molar refractivity (Wildman–Crippen MR) is 64.2 cm³/mol. The Bertz CT molecular complexity index is 584. The molecule has 0 aromatic heterocycles. The number of rotatable bonds is 2. The van der Waals surface area contributed by atoms with E-state index in [4.69, 9.17) is 10.4 Å². The van der Waals surface area contributed by atoms with Crippen molar-refractivity contribution < 1.29 is 14.3 Å². The van der Waals surface area contributed by atoms with Crippen molar-refractivity contribution in [3.05, 3.63) is 53.6 Å². The minimum atomic E-state index is -2.29. The highest BCUT2D eigenvalue weighted by molar-refractivity contribution is 5.91. The van der Waals surface area contributed by atoms with E-state index >= 15 is 0 Å². The number of allylic oxidation sites excluding steroid dienone is 3. The van der Waals surface area contributed by atoms with E-state index in [0.717, 1.165) is 0 Å². The Morgan fingerprint density at radius 1 is 1.33 bits per heavy atom. The number of carboxylic acid groups (broad SMARTS) is 1. The van der Waals surface area contributed by atoms with E-state index in [9.17, 15) is 9.18 Å². The number of alkyl halides is 1. The maximum atomic E-state index is 14.5. The quantitative estimate of drug-likeness (QED) is 0.868. The van der Waals surface area contributed by atoms with Gasteiger partial charge in [-0.2, -0.15) is 5.26 Å². The van der Waals surface area contributed by atoms with Crippen molar-refractivity contribution in [2.45, 2.75) is 12.1 Å². The second-order valence-corrected chi connectivity index (χ2v) is 4.03. The summed E-state index contributed by atoms with van der Waals surface area (Å²) in [5.74, 6) is -1.20. The smallest absolute Gasteiger partial charge is 0.331 e. The Hall–Kier alpha value is -2.41. The fourth-order valence-corrected chi connectivity index (χ4v) is 1.92. The van der Waals surface area contributed by atoms with E-state index in [1.807, 2.05) is 0 Å². The molecule has 0 spiro atoms. The van der Waals surface area contributed by atoms with Crippen LogP contribution in [0.2, 0.25) is 0 Å². The van der Waals surface area contributed by atoms with Crippen molar-refractivity contribution in [3.63, 3.8) is 0 Å². The number of benzene rings is 1. The first kappa shape index (κ1) is 12.1. The van der Waals surface area contributed by atoms with Gasteiger partial charge in [0.15, 0.2) is 0 Å². The van der Waals surface area contributed by atoms with E-state index in [-0.39, 0.29) is 11.1 Å². The summed E-state index contributed by atoms with van der Waals surface area (Å²) in [4.78, 5) is 10.8. The zero-order chi connectivity index (χ0) is 13.2. The topological polar surface area (TPSA) is 61.1 Å². The van der Waals surface area contributed by atoms with Crippen LogP contribution in [0.25, 0.3) is 5.57 Å². The first-order valence-corrected chi connectivity index (χ1v) is 5.37. The van der Waals surface area contributed by atoms with Crippen LogP contribution in [0.5, 0.6) is 0 Å². The lowest BCUT2D eigenvalue weighted by Gasteiger charge is -2.24. The third-order valence-electron chi connectivity index (χ3n) is 2.85. The van der Waals surface area contributed by atoms with Gasteiger partial charge in [-0.05, 0) is 5.56 Å². The SMILES string of the molecule is N#CC1(F)CC(C(=O)O)=CC=C1c1ccccc1. The second kappa shape index (κ2) is 4.46. The molecule has 90 valence electrons. The Balaban J connectivity index is 2.51. The van der Waals surface area contributed by atoms with Crippen LogP contribution in [-0.2, 0) is 4.79 Å². The molecule has 1 N–H and O–H groups in total. The molecule has 1 aliphatic carbocycles. The minimum absolute atomic E-state index is 0.0984. The number of carbonyl (C=O) groups is 1. The molecule has 0 amide bonds. The van der Waals surface area contributed by atoms with Gasteiger partial charge in [0, 0.05) is 17.6 Å². The number of halogens is 1. The lowest BCUT2D eigenvalue weighted by Crippen LogP contribution is -2.27. The normalized spacial score (nSPS) is 22.7. The van der Waals surface area contributed by atoms with Crippen LogP contribution in [0.4, 0.5) is 4.39 Å². The summed E-state index contributed by atoms with van der Waals surface area (Å²) >= 11 is 0. The first-order valence-electron chi connectivity index (χ1n) is 5.37. The molecule has 0 saturated carbocycles. The number of nitriles is 1. The van der Waals surface area contributed by atoms with Crippen molar-refractivity contribution >= 4 is 11.5 Å². The summed E-state index contributed by atoms with van der Waals surface area (Å²) in [6.07, 6.45) is 2.28. The van der Waals surface area contributed by atoms with Crippen LogP contribution in [0.3, 0.4) is 0 Å². The molecule has 3 nitrogen and oxygen atoms in total. The largest absolute Gasteiger partial charge is 0.478 e. The fraction of sp³-hybridized carbons (Fsp3) is 0.143. The number of nitrogens with zero attached hydrogens (tertiary/aromatic N) is 1. The number of aliphatic carboxylic acids is 1. The highest BCUT2D eigenvalue weighted by Crippen LogP contribution is 2.38. The highest BCUT2D eigenvalue weighted by atomic mass is 19.1. The molecule has 1 aromatic carbocycles. The predicted octanol–water partition coefficient (Wildman–Crippen LogP) is 2.72. The zero-order valence-electron chi connectivity index (χ0n) is 9.43. The van der Waals surface area contributed by atoms with Crippen molar-refractivity contribution in [1.29, 1.82) is 5.26 Å². The number of carboxylic acids is 1. The van der Waals surface area contributed by atoms with Gasteiger partial charge < -0.3 is 5.11 Å². The molecule has 18 heavy (non-hydrogen) atoms. The number of hydrogen-bond donors (Lipinski definition) is 1. The fourth-order valence-electron chi connectivity index (χ4n) is 1.92. The van der Waals surface area contributed by atoms with E-state index < -0.39 is 18.1 Å². The molecule has 0 fully saturated rings. The first-order chi connectivity index (χ1) is 8.57. The Morgan fingerprint density at radius 2 is 2.00 bits per heavy atom. The standard InChI is InChI=1S/C14H10FNO2/c15-14(9-16)8-11(13(17)18)6-7-12(14)10-4-2-1-3-5-10/h1-7H,8H2,(H,17,18). The third-order valence-corrected chi connectivity index (χ3v) is 2.85. The van der Waals surface area contributed by atoms with Gasteiger partial charge in [0.1, 0.15) is 6.07 Å². The minimum Gasteiger partial charge on any atom is -0.478 e. The molecule has 0 aliphatic heterocycles. The molecule has 0 bridgehead atoms. The van der Waals surface area contributed by atoms with E-state index in [1.165, 1.54) is 12.2 Å². The molecule has 1 unspecified atom stereocenters. The van der Waals surface area contributed by atoms with E-state index in [1.54, 1.807) is 36.4 Å². The van der Waals surface area contributed by atoms with E-state index in [0.29, 0.717) is 5.56 Å². The molecule has 4 heteroatoms. The maximum Gasteiger partial charge on any atom is 0.331 e. The van der Waals surface area contributed by atoms with Crippen LogP contribution in [0, 0.1) is 11.3 Å². The molecular formula is C14H10FNO2. The Morgan fingerprint density at radius 3 is 2.56 bits per heavy atom. The Kier molecular flexibility index (Phi) is 2.99. The molecule has 1 atom stereocenters. The lowest BCUT2D eigenvalue weighted by molar-refractivity contribution is -0.133. The van der Waals surface area contributed by atoms with Gasteiger partial charge in [-0.3, -0.25) is 0 Å². The molecular weight excluding hydrogens is 233 g/mol. The molecule has 0 heterocycles. The van der Waals surface area contributed by atoms with Crippen LogP contribution < -0.4 is 0 Å². The molecule has 0 saturated heterocycles. The van der Waals surface area contributed by atoms with Crippen LogP contribution in [0.15, 0.2) is 48.1 Å². The van der Waals surface area contributed by atoms with Crippen LogP contribution in [0.1, 0.15) is 12.0 Å². The monoisotopic (exact) mass is 243 g/mol. The molecule has 1 aromatic rings. The van der Waals surface area contributed by atoms with Crippen molar-refractivity contribution in [2.75, 3.05) is 0 Å². The summed E-state index contributed by atoms with van der Waals surface area (Å²) in [5.41, 5.74) is -1.60. The molecule has 1 aliphatic rings. The summed E-state index contributed by atoms with van der Waals surface area (Å²) in [6.45, 7) is 0. The Labute approximate surface area is 103 Å². The summed E-state index contributed by atoms with van der Waals surface area (Å²) in [7, 11) is 0. The number of hydrogen-bond acceptors (Lipinski definition) is 2. The zero-order valence-corrected chi connectivity index (χ0v) is 9.43. The lowest BCUT2D eigenvalue weighted by atomic mass is 9.82. The third kappa shape index (κ3) is 2.03. The summed E-state index contributed by atoms with van der Waals surface area (Å²) in [5, 5.41) is 17.8. The summed E-state index contributed by atoms with van der Waals surface area (Å²) in [6, 6.07) is 10.2. The van der Waals surface area contributed by atoms with Gasteiger partial charge >= 0.3 is 5.97 Å². The van der Waals surface area contributed by atoms with E-state index in [2.05, 4.69) is 0 Å². The van der Waals surface area contributed by atoms with Crippen LogP contribution >= 0.6 is 0 Å². The molecule has 2 rings (SSSR count). The second-order valence-electron chi connectivity index (χ2n) is 4.03. The van der Waals surface area contributed by atoms with Gasteiger partial charge in [0.05, 0.1) is 0 Å². The summed E-state index contributed by atoms with van der Waals surface area (Å²) < 4.78 is 14.5.